The maximum Gasteiger partial charge on any atom is 0.404 e. The Morgan fingerprint density at radius 3 is 2.24 bits per heavy atom. The molecule has 1 atom stereocenters. The van der Waals surface area contributed by atoms with Gasteiger partial charge < -0.3 is 15.7 Å². The molecule has 1 unspecified atom stereocenters. The molecule has 1 aliphatic heterocycles. The molecular weight excluding hydrogens is 366 g/mol. The SMILES string of the molecule is CNC(=O)CC(NC(=O)O)C1CCN(Cc2ccc(-c3ccccc3)cc2)CC1. The maximum absolute atomic E-state index is 11.7. The molecule has 2 amide bonds. The van der Waals surface area contributed by atoms with E-state index in [4.69, 9.17) is 5.11 Å². The standard InChI is InChI=1S/C23H29N3O3/c1-24-22(27)15-21(25-23(28)29)20-11-13-26(14-12-20)16-17-7-9-19(10-8-17)18-5-3-2-4-6-18/h2-10,20-21,25H,11-16H2,1H3,(H,24,27)(H,28,29). The van der Waals surface area contributed by atoms with Gasteiger partial charge in [-0.25, -0.2) is 4.79 Å². The van der Waals surface area contributed by atoms with E-state index in [1.165, 1.54) is 16.7 Å². The zero-order valence-corrected chi connectivity index (χ0v) is 16.8. The molecule has 1 heterocycles. The Kier molecular flexibility index (Phi) is 7.25. The number of nitrogens with zero attached hydrogens (tertiary/aromatic N) is 1. The highest BCUT2D eigenvalue weighted by Gasteiger charge is 2.29. The number of piperidine rings is 1. The number of amides is 2. The lowest BCUT2D eigenvalue weighted by Gasteiger charge is -2.35. The average molecular weight is 396 g/mol. The van der Waals surface area contributed by atoms with E-state index in [0.717, 1.165) is 32.5 Å². The smallest absolute Gasteiger partial charge is 0.404 e. The Labute approximate surface area is 171 Å². The Balaban J connectivity index is 1.53. The molecule has 1 fully saturated rings. The van der Waals surface area contributed by atoms with Crippen molar-refractivity contribution in [3.05, 3.63) is 60.2 Å². The van der Waals surface area contributed by atoms with Crippen LogP contribution >= 0.6 is 0 Å². The first-order valence-corrected chi connectivity index (χ1v) is 10.1. The molecule has 1 saturated heterocycles. The van der Waals surface area contributed by atoms with Gasteiger partial charge in [0.25, 0.3) is 0 Å². The minimum atomic E-state index is -1.07. The van der Waals surface area contributed by atoms with E-state index >= 15 is 0 Å². The van der Waals surface area contributed by atoms with E-state index in [2.05, 4.69) is 51.9 Å². The van der Waals surface area contributed by atoms with Crippen LogP contribution in [0.25, 0.3) is 11.1 Å². The van der Waals surface area contributed by atoms with E-state index in [9.17, 15) is 9.59 Å². The van der Waals surface area contributed by atoms with Crippen molar-refractivity contribution in [2.75, 3.05) is 20.1 Å². The summed E-state index contributed by atoms with van der Waals surface area (Å²) in [6.07, 6.45) is 0.877. The normalized spacial score (nSPS) is 16.2. The first-order chi connectivity index (χ1) is 14.0. The summed E-state index contributed by atoms with van der Waals surface area (Å²) in [5.41, 5.74) is 3.70. The summed E-state index contributed by atoms with van der Waals surface area (Å²) in [6, 6.07) is 18.7. The topological polar surface area (TPSA) is 81.7 Å². The van der Waals surface area contributed by atoms with Crippen molar-refractivity contribution in [2.24, 2.45) is 5.92 Å². The van der Waals surface area contributed by atoms with Crippen LogP contribution in [0.4, 0.5) is 4.79 Å². The molecule has 0 radical (unpaired) electrons. The first-order valence-electron chi connectivity index (χ1n) is 10.1. The first kappa shape index (κ1) is 20.9. The predicted molar refractivity (Wildman–Crippen MR) is 114 cm³/mol. The third kappa shape index (κ3) is 6.06. The van der Waals surface area contributed by atoms with Crippen LogP contribution in [0.2, 0.25) is 0 Å². The van der Waals surface area contributed by atoms with Gasteiger partial charge in [0.2, 0.25) is 5.91 Å². The van der Waals surface area contributed by atoms with E-state index in [0.29, 0.717) is 0 Å². The summed E-state index contributed by atoms with van der Waals surface area (Å²) >= 11 is 0. The summed E-state index contributed by atoms with van der Waals surface area (Å²) in [6.45, 7) is 2.68. The van der Waals surface area contributed by atoms with E-state index < -0.39 is 6.09 Å². The molecule has 0 spiro atoms. The minimum Gasteiger partial charge on any atom is -0.465 e. The van der Waals surface area contributed by atoms with Gasteiger partial charge in [-0.3, -0.25) is 9.69 Å². The molecule has 154 valence electrons. The van der Waals surface area contributed by atoms with Crippen LogP contribution in [-0.4, -0.2) is 48.2 Å². The van der Waals surface area contributed by atoms with Crippen LogP contribution in [0.5, 0.6) is 0 Å². The number of hydrogen-bond acceptors (Lipinski definition) is 3. The van der Waals surface area contributed by atoms with Gasteiger partial charge in [-0.05, 0) is 48.5 Å². The molecule has 1 aliphatic rings. The number of carbonyl (C=O) groups is 2. The summed E-state index contributed by atoms with van der Waals surface area (Å²) in [5.74, 6) is 0.0461. The third-order valence-electron chi connectivity index (χ3n) is 5.66. The zero-order valence-electron chi connectivity index (χ0n) is 16.8. The van der Waals surface area contributed by atoms with E-state index in [-0.39, 0.29) is 24.3 Å². The maximum atomic E-state index is 11.7. The van der Waals surface area contributed by atoms with Crippen LogP contribution in [0.1, 0.15) is 24.8 Å². The van der Waals surface area contributed by atoms with E-state index in [1.807, 2.05) is 18.2 Å². The van der Waals surface area contributed by atoms with Crippen LogP contribution in [-0.2, 0) is 11.3 Å². The Hall–Kier alpha value is -2.86. The van der Waals surface area contributed by atoms with Gasteiger partial charge in [0.1, 0.15) is 0 Å². The molecule has 3 N–H and O–H groups in total. The average Bonchev–Trinajstić information content (AvgIpc) is 2.74. The number of carbonyl (C=O) groups excluding carboxylic acids is 1. The lowest BCUT2D eigenvalue weighted by molar-refractivity contribution is -0.121. The van der Waals surface area contributed by atoms with Gasteiger partial charge in [0, 0.05) is 26.1 Å². The fourth-order valence-corrected chi connectivity index (χ4v) is 4.00. The largest absolute Gasteiger partial charge is 0.465 e. The van der Waals surface area contributed by atoms with E-state index in [1.54, 1.807) is 7.05 Å². The summed E-state index contributed by atoms with van der Waals surface area (Å²) < 4.78 is 0. The summed E-state index contributed by atoms with van der Waals surface area (Å²) in [5, 5.41) is 14.2. The van der Waals surface area contributed by atoms with Gasteiger partial charge in [-0.15, -0.1) is 0 Å². The van der Waals surface area contributed by atoms with Gasteiger partial charge in [-0.2, -0.15) is 0 Å². The number of nitrogens with one attached hydrogen (secondary N) is 2. The Morgan fingerprint density at radius 2 is 1.66 bits per heavy atom. The molecule has 2 aromatic rings. The van der Waals surface area contributed by atoms with Crippen molar-refractivity contribution in [1.82, 2.24) is 15.5 Å². The molecule has 0 aliphatic carbocycles. The molecule has 6 heteroatoms. The monoisotopic (exact) mass is 395 g/mol. The fraction of sp³-hybridized carbons (Fsp3) is 0.391. The molecule has 0 saturated carbocycles. The lowest BCUT2D eigenvalue weighted by Crippen LogP contribution is -2.46. The van der Waals surface area contributed by atoms with Crippen molar-refractivity contribution in [3.8, 4) is 11.1 Å². The minimum absolute atomic E-state index is 0.135. The number of hydrogen-bond donors (Lipinski definition) is 3. The van der Waals surface area contributed by atoms with Crippen molar-refractivity contribution in [2.45, 2.75) is 31.8 Å². The van der Waals surface area contributed by atoms with Crippen molar-refractivity contribution in [1.29, 1.82) is 0 Å². The molecule has 3 rings (SSSR count). The zero-order chi connectivity index (χ0) is 20.6. The van der Waals surface area contributed by atoms with Crippen molar-refractivity contribution < 1.29 is 14.7 Å². The Morgan fingerprint density at radius 1 is 1.03 bits per heavy atom. The van der Waals surface area contributed by atoms with Crippen LogP contribution in [0.3, 0.4) is 0 Å². The van der Waals surface area contributed by atoms with Gasteiger partial charge >= 0.3 is 6.09 Å². The second-order valence-corrected chi connectivity index (χ2v) is 7.61. The molecule has 6 nitrogen and oxygen atoms in total. The number of carboxylic acid groups (broad SMARTS) is 1. The summed E-state index contributed by atoms with van der Waals surface area (Å²) in [4.78, 5) is 25.2. The highest BCUT2D eigenvalue weighted by Crippen LogP contribution is 2.25. The highest BCUT2D eigenvalue weighted by molar-refractivity contribution is 5.77. The van der Waals surface area contributed by atoms with Crippen molar-refractivity contribution in [3.63, 3.8) is 0 Å². The van der Waals surface area contributed by atoms with Crippen LogP contribution < -0.4 is 10.6 Å². The van der Waals surface area contributed by atoms with Crippen LogP contribution in [0, 0.1) is 5.92 Å². The summed E-state index contributed by atoms with van der Waals surface area (Å²) in [7, 11) is 1.58. The molecule has 0 bridgehead atoms. The van der Waals surface area contributed by atoms with Crippen LogP contribution in [0.15, 0.2) is 54.6 Å². The number of likely N-dealkylation sites (tertiary alicyclic amines) is 1. The highest BCUT2D eigenvalue weighted by atomic mass is 16.4. The Bertz CT molecular complexity index is 800. The fourth-order valence-electron chi connectivity index (χ4n) is 4.00. The molecular formula is C23H29N3O3. The number of rotatable bonds is 7. The molecule has 0 aromatic heterocycles. The van der Waals surface area contributed by atoms with Crippen molar-refractivity contribution >= 4 is 12.0 Å². The molecule has 29 heavy (non-hydrogen) atoms. The second-order valence-electron chi connectivity index (χ2n) is 7.61. The predicted octanol–water partition coefficient (Wildman–Crippen LogP) is 3.34. The number of benzene rings is 2. The van der Waals surface area contributed by atoms with Gasteiger partial charge in [-0.1, -0.05) is 54.6 Å². The molecule has 2 aromatic carbocycles. The van der Waals surface area contributed by atoms with Gasteiger partial charge in [0.15, 0.2) is 0 Å². The van der Waals surface area contributed by atoms with Gasteiger partial charge in [0.05, 0.1) is 0 Å². The third-order valence-corrected chi connectivity index (χ3v) is 5.66. The lowest BCUT2D eigenvalue weighted by atomic mass is 9.87. The second kappa shape index (κ2) is 10.1. The quantitative estimate of drug-likeness (QED) is 0.672.